The van der Waals surface area contributed by atoms with Crippen LogP contribution < -0.4 is 10.1 Å². The van der Waals surface area contributed by atoms with Crippen molar-refractivity contribution in [3.05, 3.63) is 53.6 Å². The fourth-order valence-corrected chi connectivity index (χ4v) is 5.69. The van der Waals surface area contributed by atoms with E-state index in [1.165, 1.54) is 12.1 Å². The number of amides is 1. The van der Waals surface area contributed by atoms with E-state index in [9.17, 15) is 26.4 Å². The molecule has 39 heavy (non-hydrogen) atoms. The lowest BCUT2D eigenvalue weighted by Gasteiger charge is -2.30. The lowest BCUT2D eigenvalue weighted by Crippen LogP contribution is -2.32. The van der Waals surface area contributed by atoms with Crippen molar-refractivity contribution in [2.24, 2.45) is 11.8 Å². The van der Waals surface area contributed by atoms with Gasteiger partial charge < -0.3 is 10.1 Å². The maximum absolute atomic E-state index is 13.1. The molecule has 1 aromatic heterocycles. The first-order chi connectivity index (χ1) is 18.4. The SMILES string of the molecule is CCS(=O)(=O)c1ccc(CNC(=O)c2ccc3c(c2)nc(OC2CCC(C(F)(F)F)CC2)n3CC(C)C)cc1. The summed E-state index contributed by atoms with van der Waals surface area (Å²) in [5, 5.41) is 2.84. The molecule has 1 aliphatic carbocycles. The molecule has 4 rings (SSSR count). The van der Waals surface area contributed by atoms with Gasteiger partial charge in [0.05, 0.1) is 27.6 Å². The molecular weight excluding hydrogens is 531 g/mol. The van der Waals surface area contributed by atoms with Crippen LogP contribution in [0.2, 0.25) is 0 Å². The zero-order valence-electron chi connectivity index (χ0n) is 22.3. The monoisotopic (exact) mass is 565 g/mol. The lowest BCUT2D eigenvalue weighted by atomic mass is 9.87. The van der Waals surface area contributed by atoms with Gasteiger partial charge in [0.15, 0.2) is 9.84 Å². The summed E-state index contributed by atoms with van der Waals surface area (Å²) in [6.07, 6.45) is -3.80. The van der Waals surface area contributed by atoms with E-state index in [2.05, 4.69) is 24.1 Å². The molecule has 1 fully saturated rings. The van der Waals surface area contributed by atoms with Crippen LogP contribution in [0.25, 0.3) is 11.0 Å². The number of rotatable bonds is 9. The van der Waals surface area contributed by atoms with Crippen molar-refractivity contribution in [2.75, 3.05) is 5.75 Å². The molecule has 1 heterocycles. The number of hydrogen-bond donors (Lipinski definition) is 1. The number of ether oxygens (including phenoxy) is 1. The molecular formula is C28H34F3N3O4S. The van der Waals surface area contributed by atoms with Crippen LogP contribution in [0, 0.1) is 11.8 Å². The number of hydrogen-bond acceptors (Lipinski definition) is 5. The topological polar surface area (TPSA) is 90.3 Å². The minimum Gasteiger partial charge on any atom is -0.461 e. The van der Waals surface area contributed by atoms with Crippen molar-refractivity contribution in [2.45, 2.75) is 76.7 Å². The predicted octanol–water partition coefficient (Wildman–Crippen LogP) is 5.92. The highest BCUT2D eigenvalue weighted by molar-refractivity contribution is 7.91. The number of carbonyl (C=O) groups excluding carboxylic acids is 1. The minimum absolute atomic E-state index is 0.0183. The Labute approximate surface area is 226 Å². The van der Waals surface area contributed by atoms with Gasteiger partial charge >= 0.3 is 6.18 Å². The number of alkyl halides is 3. The quantitative estimate of drug-likeness (QED) is 0.348. The molecule has 2 aromatic carbocycles. The standard InChI is InChI=1S/C28H34F3N3O4S/c1-4-39(36,37)23-12-5-19(6-13-23)16-32-26(35)20-7-14-25-24(15-20)33-27(34(25)17-18(2)3)38-22-10-8-21(9-11-22)28(29,30)31/h5-7,12-15,18,21-22H,4,8-11,16-17H2,1-3H3,(H,32,35). The van der Waals surface area contributed by atoms with E-state index in [-0.39, 0.29) is 48.0 Å². The molecule has 0 unspecified atom stereocenters. The number of halogens is 3. The average Bonchev–Trinajstić information content (AvgIpc) is 3.22. The van der Waals surface area contributed by atoms with Gasteiger partial charge in [0, 0.05) is 18.7 Å². The van der Waals surface area contributed by atoms with Gasteiger partial charge in [-0.1, -0.05) is 32.9 Å². The van der Waals surface area contributed by atoms with Gasteiger partial charge in [0.2, 0.25) is 0 Å². The number of carbonyl (C=O) groups is 1. The van der Waals surface area contributed by atoms with Gasteiger partial charge in [-0.25, -0.2) is 8.42 Å². The van der Waals surface area contributed by atoms with E-state index in [0.29, 0.717) is 36.5 Å². The first-order valence-corrected chi connectivity index (χ1v) is 14.9. The summed E-state index contributed by atoms with van der Waals surface area (Å²) < 4.78 is 71.2. The van der Waals surface area contributed by atoms with Crippen LogP contribution in [-0.2, 0) is 22.9 Å². The third-order valence-electron chi connectivity index (χ3n) is 7.05. The maximum Gasteiger partial charge on any atom is 0.391 e. The highest BCUT2D eigenvalue weighted by atomic mass is 32.2. The van der Waals surface area contributed by atoms with Crippen molar-refractivity contribution < 1.29 is 31.1 Å². The van der Waals surface area contributed by atoms with Gasteiger partial charge in [-0.05, 0) is 67.5 Å². The van der Waals surface area contributed by atoms with Gasteiger partial charge in [0.1, 0.15) is 6.10 Å². The van der Waals surface area contributed by atoms with E-state index >= 15 is 0 Å². The zero-order valence-corrected chi connectivity index (χ0v) is 23.1. The summed E-state index contributed by atoms with van der Waals surface area (Å²) in [5.41, 5.74) is 2.51. The summed E-state index contributed by atoms with van der Waals surface area (Å²) in [5.74, 6) is -1.30. The molecule has 3 aromatic rings. The van der Waals surface area contributed by atoms with Crippen molar-refractivity contribution >= 4 is 26.8 Å². The van der Waals surface area contributed by atoms with E-state index in [1.54, 1.807) is 37.3 Å². The Hall–Kier alpha value is -3.08. The fourth-order valence-electron chi connectivity index (χ4n) is 4.80. The zero-order chi connectivity index (χ0) is 28.4. The Kier molecular flexibility index (Phi) is 8.58. The molecule has 0 aliphatic heterocycles. The van der Waals surface area contributed by atoms with Crippen LogP contribution in [0.3, 0.4) is 0 Å². The second kappa shape index (κ2) is 11.6. The molecule has 0 radical (unpaired) electrons. The Balaban J connectivity index is 1.47. The Bertz CT molecular complexity index is 1410. The normalized spacial score (nSPS) is 18.4. The summed E-state index contributed by atoms with van der Waals surface area (Å²) in [6, 6.07) is 11.9. The Morgan fingerprint density at radius 1 is 1.10 bits per heavy atom. The van der Waals surface area contributed by atoms with Crippen molar-refractivity contribution in [3.8, 4) is 6.01 Å². The van der Waals surface area contributed by atoms with Crippen LogP contribution in [0.5, 0.6) is 6.01 Å². The molecule has 1 N–H and O–H groups in total. The number of benzene rings is 2. The highest BCUT2D eigenvalue weighted by Gasteiger charge is 2.42. The first-order valence-electron chi connectivity index (χ1n) is 13.2. The number of fused-ring (bicyclic) bond motifs is 1. The highest BCUT2D eigenvalue weighted by Crippen LogP contribution is 2.38. The van der Waals surface area contributed by atoms with Crippen molar-refractivity contribution in [3.63, 3.8) is 0 Å². The van der Waals surface area contributed by atoms with Crippen molar-refractivity contribution in [1.82, 2.24) is 14.9 Å². The van der Waals surface area contributed by atoms with Gasteiger partial charge in [-0.15, -0.1) is 0 Å². The molecule has 0 atom stereocenters. The summed E-state index contributed by atoms with van der Waals surface area (Å²) in [6.45, 7) is 6.52. The smallest absolute Gasteiger partial charge is 0.391 e. The van der Waals surface area contributed by atoms with Crippen LogP contribution >= 0.6 is 0 Å². The third-order valence-corrected chi connectivity index (χ3v) is 8.80. The average molecular weight is 566 g/mol. The van der Waals surface area contributed by atoms with Crippen LogP contribution in [-0.4, -0.2) is 41.9 Å². The maximum atomic E-state index is 13.1. The number of nitrogens with one attached hydrogen (secondary N) is 1. The molecule has 0 bridgehead atoms. The van der Waals surface area contributed by atoms with Gasteiger partial charge in [-0.3, -0.25) is 9.36 Å². The van der Waals surface area contributed by atoms with E-state index < -0.39 is 21.9 Å². The molecule has 7 nitrogen and oxygen atoms in total. The van der Waals surface area contributed by atoms with E-state index in [1.807, 2.05) is 4.57 Å². The molecule has 212 valence electrons. The molecule has 1 saturated carbocycles. The number of aromatic nitrogens is 2. The fraction of sp³-hybridized carbons (Fsp3) is 0.500. The molecule has 1 aliphatic rings. The van der Waals surface area contributed by atoms with Crippen LogP contribution in [0.15, 0.2) is 47.4 Å². The van der Waals surface area contributed by atoms with Crippen LogP contribution in [0.4, 0.5) is 13.2 Å². The molecule has 1 amide bonds. The second-order valence-electron chi connectivity index (χ2n) is 10.5. The Morgan fingerprint density at radius 3 is 2.36 bits per heavy atom. The minimum atomic E-state index is -4.17. The Morgan fingerprint density at radius 2 is 1.77 bits per heavy atom. The second-order valence-corrected chi connectivity index (χ2v) is 12.7. The van der Waals surface area contributed by atoms with E-state index in [0.717, 1.165) is 11.1 Å². The first kappa shape index (κ1) is 28.9. The predicted molar refractivity (Wildman–Crippen MR) is 142 cm³/mol. The summed E-state index contributed by atoms with van der Waals surface area (Å²) >= 11 is 0. The van der Waals surface area contributed by atoms with Crippen LogP contribution in [0.1, 0.15) is 62.4 Å². The largest absolute Gasteiger partial charge is 0.461 e. The molecule has 0 spiro atoms. The van der Waals surface area contributed by atoms with Crippen molar-refractivity contribution in [1.29, 1.82) is 0 Å². The summed E-state index contributed by atoms with van der Waals surface area (Å²) in [4.78, 5) is 17.7. The van der Waals surface area contributed by atoms with E-state index in [4.69, 9.17) is 4.74 Å². The molecule has 0 saturated heterocycles. The number of nitrogens with zero attached hydrogens (tertiary/aromatic N) is 2. The number of sulfone groups is 1. The van der Waals surface area contributed by atoms with Gasteiger partial charge in [-0.2, -0.15) is 18.2 Å². The summed E-state index contributed by atoms with van der Waals surface area (Å²) in [7, 11) is -3.29. The third kappa shape index (κ3) is 6.93. The van der Waals surface area contributed by atoms with Gasteiger partial charge in [0.25, 0.3) is 11.9 Å². The lowest BCUT2D eigenvalue weighted by molar-refractivity contribution is -0.185. The number of imidazole rings is 1. The molecule has 11 heteroatoms.